The van der Waals surface area contributed by atoms with Crippen molar-refractivity contribution in [3.05, 3.63) is 35.9 Å². The first-order valence-corrected chi connectivity index (χ1v) is 8.61. The van der Waals surface area contributed by atoms with Crippen molar-refractivity contribution in [1.29, 1.82) is 0 Å². The standard InChI is InChI=1S/C20H33NO/c1-14(2)13-19(22)21(16(5)6)20(15(3)4)17(7)18-11-9-8-10-12-18/h8-12,14-17,20H,13H2,1-7H3/t17-,20?/m0/s1. The van der Waals surface area contributed by atoms with Crippen LogP contribution in [0.5, 0.6) is 0 Å². The Labute approximate surface area is 136 Å². The molecule has 0 radical (unpaired) electrons. The highest BCUT2D eigenvalue weighted by Crippen LogP contribution is 2.30. The molecule has 1 amide bonds. The third kappa shape index (κ3) is 4.86. The van der Waals surface area contributed by atoms with Gasteiger partial charge in [0.15, 0.2) is 0 Å². The molecule has 0 saturated heterocycles. The maximum atomic E-state index is 12.8. The first-order valence-electron chi connectivity index (χ1n) is 8.61. The van der Waals surface area contributed by atoms with E-state index in [-0.39, 0.29) is 18.0 Å². The van der Waals surface area contributed by atoms with E-state index in [0.717, 1.165) is 0 Å². The van der Waals surface area contributed by atoms with Gasteiger partial charge in [0.1, 0.15) is 0 Å². The molecule has 0 aromatic heterocycles. The first kappa shape index (κ1) is 18.7. The van der Waals surface area contributed by atoms with Gasteiger partial charge in [-0.15, -0.1) is 0 Å². The summed E-state index contributed by atoms with van der Waals surface area (Å²) in [6, 6.07) is 11.0. The van der Waals surface area contributed by atoms with Crippen molar-refractivity contribution in [2.75, 3.05) is 0 Å². The lowest BCUT2D eigenvalue weighted by Crippen LogP contribution is -2.50. The lowest BCUT2D eigenvalue weighted by molar-refractivity contribution is -0.138. The summed E-state index contributed by atoms with van der Waals surface area (Å²) < 4.78 is 0. The van der Waals surface area contributed by atoms with Gasteiger partial charge in [-0.1, -0.05) is 65.0 Å². The second kappa shape index (κ2) is 8.36. The molecule has 0 aliphatic carbocycles. The first-order chi connectivity index (χ1) is 10.3. The van der Waals surface area contributed by atoms with E-state index in [2.05, 4.69) is 77.6 Å². The molecule has 2 atom stereocenters. The van der Waals surface area contributed by atoms with Crippen LogP contribution in [0.1, 0.15) is 66.4 Å². The van der Waals surface area contributed by atoms with Crippen molar-refractivity contribution >= 4 is 5.91 Å². The predicted octanol–water partition coefficient (Wildman–Crippen LogP) is 5.10. The quantitative estimate of drug-likeness (QED) is 0.686. The topological polar surface area (TPSA) is 20.3 Å². The van der Waals surface area contributed by atoms with Gasteiger partial charge >= 0.3 is 0 Å². The summed E-state index contributed by atoms with van der Waals surface area (Å²) in [6.07, 6.45) is 0.628. The molecule has 0 heterocycles. The largest absolute Gasteiger partial charge is 0.336 e. The summed E-state index contributed by atoms with van der Waals surface area (Å²) in [7, 11) is 0. The number of benzene rings is 1. The minimum Gasteiger partial charge on any atom is -0.336 e. The van der Waals surface area contributed by atoms with E-state index in [1.54, 1.807) is 0 Å². The average Bonchev–Trinajstić information content (AvgIpc) is 2.43. The summed E-state index contributed by atoms with van der Waals surface area (Å²) in [5.41, 5.74) is 1.31. The molecule has 0 spiro atoms. The maximum Gasteiger partial charge on any atom is 0.223 e. The van der Waals surface area contributed by atoms with Gasteiger partial charge in [-0.2, -0.15) is 0 Å². The molecule has 124 valence electrons. The third-order valence-corrected chi connectivity index (χ3v) is 4.27. The van der Waals surface area contributed by atoms with Crippen molar-refractivity contribution in [1.82, 2.24) is 4.90 Å². The van der Waals surface area contributed by atoms with Gasteiger partial charge in [-0.25, -0.2) is 0 Å². The number of hydrogen-bond donors (Lipinski definition) is 0. The minimum absolute atomic E-state index is 0.227. The smallest absolute Gasteiger partial charge is 0.223 e. The third-order valence-electron chi connectivity index (χ3n) is 4.27. The van der Waals surface area contributed by atoms with Crippen LogP contribution in [-0.2, 0) is 4.79 Å². The van der Waals surface area contributed by atoms with Gasteiger partial charge in [0.2, 0.25) is 5.91 Å². The van der Waals surface area contributed by atoms with Crippen LogP contribution in [0.15, 0.2) is 30.3 Å². The fraction of sp³-hybridized carbons (Fsp3) is 0.650. The zero-order valence-electron chi connectivity index (χ0n) is 15.3. The zero-order valence-corrected chi connectivity index (χ0v) is 15.3. The molecular weight excluding hydrogens is 270 g/mol. The SMILES string of the molecule is CC(C)CC(=O)N(C(C)C)C(C(C)C)[C@@H](C)c1ccccc1. The highest BCUT2D eigenvalue weighted by atomic mass is 16.2. The Kier molecular flexibility index (Phi) is 7.12. The average molecular weight is 303 g/mol. The predicted molar refractivity (Wildman–Crippen MR) is 94.9 cm³/mol. The van der Waals surface area contributed by atoms with Gasteiger partial charge in [-0.05, 0) is 31.2 Å². The van der Waals surface area contributed by atoms with Crippen LogP contribution in [0.3, 0.4) is 0 Å². The lowest BCUT2D eigenvalue weighted by Gasteiger charge is -2.41. The number of rotatable bonds is 7. The fourth-order valence-corrected chi connectivity index (χ4v) is 3.35. The maximum absolute atomic E-state index is 12.8. The Morgan fingerprint density at radius 2 is 1.50 bits per heavy atom. The van der Waals surface area contributed by atoms with Crippen LogP contribution in [0.2, 0.25) is 0 Å². The monoisotopic (exact) mass is 303 g/mol. The van der Waals surface area contributed by atoms with Gasteiger partial charge in [0.25, 0.3) is 0 Å². The van der Waals surface area contributed by atoms with E-state index in [1.165, 1.54) is 5.56 Å². The second-order valence-electron chi connectivity index (χ2n) is 7.43. The summed E-state index contributed by atoms with van der Waals surface area (Å²) >= 11 is 0. The van der Waals surface area contributed by atoms with Crippen molar-refractivity contribution in [2.24, 2.45) is 11.8 Å². The fourth-order valence-electron chi connectivity index (χ4n) is 3.35. The Hall–Kier alpha value is -1.31. The van der Waals surface area contributed by atoms with E-state index in [4.69, 9.17) is 0 Å². The van der Waals surface area contributed by atoms with Crippen LogP contribution >= 0.6 is 0 Å². The van der Waals surface area contributed by atoms with Gasteiger partial charge < -0.3 is 4.90 Å². The van der Waals surface area contributed by atoms with Crippen molar-refractivity contribution in [3.63, 3.8) is 0 Å². The van der Waals surface area contributed by atoms with Gasteiger partial charge in [0, 0.05) is 24.4 Å². The number of carbonyl (C=O) groups is 1. The highest BCUT2D eigenvalue weighted by molar-refractivity contribution is 5.77. The molecule has 1 aromatic rings. The van der Waals surface area contributed by atoms with Gasteiger partial charge in [0.05, 0.1) is 0 Å². The molecule has 1 aromatic carbocycles. The molecule has 2 heteroatoms. The minimum atomic E-state index is 0.227. The number of nitrogens with zero attached hydrogens (tertiary/aromatic N) is 1. The molecule has 0 fully saturated rings. The Morgan fingerprint density at radius 3 is 1.91 bits per heavy atom. The highest BCUT2D eigenvalue weighted by Gasteiger charge is 2.33. The molecule has 0 aliphatic heterocycles. The van der Waals surface area contributed by atoms with Gasteiger partial charge in [-0.3, -0.25) is 4.79 Å². The summed E-state index contributed by atoms with van der Waals surface area (Å²) in [5, 5.41) is 0. The van der Waals surface area contributed by atoms with Crippen LogP contribution in [-0.4, -0.2) is 22.9 Å². The molecular formula is C20H33NO. The van der Waals surface area contributed by atoms with Crippen LogP contribution in [0, 0.1) is 11.8 Å². The molecule has 1 rings (SSSR count). The zero-order chi connectivity index (χ0) is 16.9. The second-order valence-corrected chi connectivity index (χ2v) is 7.43. The Morgan fingerprint density at radius 1 is 0.955 bits per heavy atom. The normalized spacial score (nSPS) is 14.5. The lowest BCUT2D eigenvalue weighted by atomic mass is 9.84. The van der Waals surface area contributed by atoms with E-state index < -0.39 is 0 Å². The Bertz CT molecular complexity index is 450. The van der Waals surface area contributed by atoms with E-state index in [1.807, 2.05) is 6.07 Å². The number of carbonyl (C=O) groups excluding carboxylic acids is 1. The summed E-state index contributed by atoms with van der Waals surface area (Å²) in [5.74, 6) is 1.44. The van der Waals surface area contributed by atoms with Crippen molar-refractivity contribution in [2.45, 2.75) is 72.9 Å². The molecule has 2 nitrogen and oxygen atoms in total. The molecule has 1 unspecified atom stereocenters. The van der Waals surface area contributed by atoms with Crippen molar-refractivity contribution in [3.8, 4) is 0 Å². The molecule has 0 aliphatic rings. The molecule has 0 saturated carbocycles. The molecule has 0 bridgehead atoms. The summed E-state index contributed by atoms with van der Waals surface area (Å²) in [6.45, 7) is 15.2. The molecule has 0 N–H and O–H groups in total. The van der Waals surface area contributed by atoms with Crippen LogP contribution < -0.4 is 0 Å². The summed E-state index contributed by atoms with van der Waals surface area (Å²) in [4.78, 5) is 14.9. The van der Waals surface area contributed by atoms with Crippen LogP contribution in [0.4, 0.5) is 0 Å². The molecule has 22 heavy (non-hydrogen) atoms. The van der Waals surface area contributed by atoms with Crippen LogP contribution in [0.25, 0.3) is 0 Å². The van der Waals surface area contributed by atoms with E-state index in [0.29, 0.717) is 24.2 Å². The van der Waals surface area contributed by atoms with Crippen molar-refractivity contribution < 1.29 is 4.79 Å². The Balaban J connectivity index is 3.11. The number of hydrogen-bond acceptors (Lipinski definition) is 1. The van der Waals surface area contributed by atoms with E-state index in [9.17, 15) is 4.79 Å². The number of amides is 1. The van der Waals surface area contributed by atoms with E-state index >= 15 is 0 Å².